The average molecular weight is 341 g/mol. The van der Waals surface area contributed by atoms with Crippen molar-refractivity contribution in [2.75, 3.05) is 13.1 Å². The zero-order valence-electron chi connectivity index (χ0n) is 13.4. The third-order valence-corrected chi connectivity index (χ3v) is 5.49. The molecule has 0 radical (unpaired) electrons. The minimum atomic E-state index is -0.152. The highest BCUT2D eigenvalue weighted by Gasteiger charge is 2.24. The fourth-order valence-corrected chi connectivity index (χ4v) is 3.95. The molecule has 3 heterocycles. The van der Waals surface area contributed by atoms with Crippen LogP contribution in [-0.2, 0) is 0 Å². The van der Waals surface area contributed by atoms with Gasteiger partial charge in [0.2, 0.25) is 0 Å². The number of carbonyl (C=O) groups excluding carboxylic acids is 1. The molecule has 1 aliphatic rings. The van der Waals surface area contributed by atoms with Gasteiger partial charge in [0.1, 0.15) is 0 Å². The standard InChI is InChI=1S/C18H19N3O2S/c1-11-10-19-9-8-12(11)20-17(22)14-6-7-15(23-14)18-21-13-4-2-3-5-16(13)24-18/h2-7,11-12,19H,8-10H2,1H3,(H,20,22). The van der Waals surface area contributed by atoms with Crippen molar-refractivity contribution >= 4 is 27.5 Å². The van der Waals surface area contributed by atoms with E-state index in [9.17, 15) is 4.79 Å². The predicted molar refractivity (Wildman–Crippen MR) is 95.2 cm³/mol. The van der Waals surface area contributed by atoms with E-state index in [4.69, 9.17) is 4.42 Å². The molecule has 0 saturated carbocycles. The fourth-order valence-electron chi connectivity index (χ4n) is 3.02. The minimum absolute atomic E-state index is 0.152. The number of carbonyl (C=O) groups is 1. The van der Waals surface area contributed by atoms with E-state index in [1.54, 1.807) is 17.4 Å². The van der Waals surface area contributed by atoms with Crippen LogP contribution in [0.5, 0.6) is 0 Å². The molecule has 2 N–H and O–H groups in total. The average Bonchev–Trinajstić information content (AvgIpc) is 3.23. The van der Waals surface area contributed by atoms with Gasteiger partial charge in [-0.15, -0.1) is 11.3 Å². The van der Waals surface area contributed by atoms with Crippen molar-refractivity contribution in [2.24, 2.45) is 5.92 Å². The van der Waals surface area contributed by atoms with Gasteiger partial charge in [-0.2, -0.15) is 0 Å². The molecule has 0 spiro atoms. The molecular weight excluding hydrogens is 322 g/mol. The van der Waals surface area contributed by atoms with Gasteiger partial charge in [-0.3, -0.25) is 4.79 Å². The molecule has 2 unspecified atom stereocenters. The maximum Gasteiger partial charge on any atom is 0.287 e. The molecule has 0 bridgehead atoms. The van der Waals surface area contributed by atoms with Gasteiger partial charge < -0.3 is 15.1 Å². The summed E-state index contributed by atoms with van der Waals surface area (Å²) in [5.74, 6) is 1.25. The Kier molecular flexibility index (Phi) is 4.08. The van der Waals surface area contributed by atoms with Crippen LogP contribution in [-0.4, -0.2) is 30.0 Å². The van der Waals surface area contributed by atoms with Crippen LogP contribution in [0.4, 0.5) is 0 Å². The van der Waals surface area contributed by atoms with Gasteiger partial charge in [-0.1, -0.05) is 19.1 Å². The van der Waals surface area contributed by atoms with Crippen LogP contribution >= 0.6 is 11.3 Å². The highest BCUT2D eigenvalue weighted by Crippen LogP contribution is 2.31. The third kappa shape index (κ3) is 2.95. The molecule has 2 aromatic heterocycles. The number of piperidine rings is 1. The monoisotopic (exact) mass is 341 g/mol. The molecule has 1 amide bonds. The lowest BCUT2D eigenvalue weighted by atomic mass is 9.95. The number of thiazole rings is 1. The van der Waals surface area contributed by atoms with Crippen LogP contribution in [0.3, 0.4) is 0 Å². The van der Waals surface area contributed by atoms with Gasteiger partial charge in [0.25, 0.3) is 5.91 Å². The molecule has 4 rings (SSSR count). The second-order valence-corrected chi connectivity index (χ2v) is 7.23. The zero-order chi connectivity index (χ0) is 16.5. The highest BCUT2D eigenvalue weighted by atomic mass is 32.1. The molecule has 2 atom stereocenters. The first-order valence-electron chi connectivity index (χ1n) is 8.18. The van der Waals surface area contributed by atoms with Crippen LogP contribution in [0.1, 0.15) is 23.9 Å². The summed E-state index contributed by atoms with van der Waals surface area (Å²) in [5, 5.41) is 7.22. The molecular formula is C18H19N3O2S. The Hall–Kier alpha value is -2.18. The Morgan fingerprint density at radius 2 is 2.21 bits per heavy atom. The molecule has 5 nitrogen and oxygen atoms in total. The van der Waals surface area contributed by atoms with Crippen molar-refractivity contribution in [1.82, 2.24) is 15.6 Å². The van der Waals surface area contributed by atoms with Crippen LogP contribution in [0.25, 0.3) is 21.0 Å². The number of furan rings is 1. The molecule has 1 saturated heterocycles. The number of hydrogen-bond donors (Lipinski definition) is 2. The van der Waals surface area contributed by atoms with Crippen molar-refractivity contribution < 1.29 is 9.21 Å². The summed E-state index contributed by atoms with van der Waals surface area (Å²) in [5.41, 5.74) is 0.948. The molecule has 3 aromatic rings. The molecule has 1 fully saturated rings. The van der Waals surface area contributed by atoms with Gasteiger partial charge in [0, 0.05) is 6.04 Å². The zero-order valence-corrected chi connectivity index (χ0v) is 14.2. The van der Waals surface area contributed by atoms with Crippen molar-refractivity contribution in [1.29, 1.82) is 0 Å². The third-order valence-electron chi connectivity index (χ3n) is 4.44. The molecule has 124 valence electrons. The number of aromatic nitrogens is 1. The number of benzene rings is 1. The Morgan fingerprint density at radius 3 is 3.04 bits per heavy atom. The van der Waals surface area contributed by atoms with Crippen LogP contribution in [0.15, 0.2) is 40.8 Å². The number of amides is 1. The summed E-state index contributed by atoms with van der Waals surface area (Å²) >= 11 is 1.57. The lowest BCUT2D eigenvalue weighted by Crippen LogP contribution is -2.48. The van der Waals surface area contributed by atoms with E-state index in [-0.39, 0.29) is 11.9 Å². The number of nitrogens with zero attached hydrogens (tertiary/aromatic N) is 1. The SMILES string of the molecule is CC1CNCCC1NC(=O)c1ccc(-c2nc3ccccc3s2)o1. The summed E-state index contributed by atoms with van der Waals surface area (Å²) < 4.78 is 6.87. The first-order chi connectivity index (χ1) is 11.7. The number of rotatable bonds is 3. The Labute approximate surface area is 144 Å². The number of para-hydroxylation sites is 1. The number of nitrogens with one attached hydrogen (secondary N) is 2. The summed E-state index contributed by atoms with van der Waals surface area (Å²) in [6.07, 6.45) is 0.943. The Morgan fingerprint density at radius 1 is 1.33 bits per heavy atom. The van der Waals surface area contributed by atoms with E-state index < -0.39 is 0 Å². The lowest BCUT2D eigenvalue weighted by molar-refractivity contribution is 0.0887. The van der Waals surface area contributed by atoms with E-state index >= 15 is 0 Å². The lowest BCUT2D eigenvalue weighted by Gasteiger charge is -2.29. The summed E-state index contributed by atoms with van der Waals surface area (Å²) in [7, 11) is 0. The van der Waals surface area contributed by atoms with Crippen LogP contribution in [0, 0.1) is 5.92 Å². The van der Waals surface area contributed by atoms with E-state index in [1.165, 1.54) is 0 Å². The maximum atomic E-state index is 12.4. The second-order valence-electron chi connectivity index (χ2n) is 6.20. The van der Waals surface area contributed by atoms with E-state index in [0.29, 0.717) is 17.4 Å². The first-order valence-corrected chi connectivity index (χ1v) is 9.00. The Bertz CT molecular complexity index is 837. The molecule has 6 heteroatoms. The molecule has 24 heavy (non-hydrogen) atoms. The topological polar surface area (TPSA) is 67.2 Å². The Balaban J connectivity index is 1.52. The van der Waals surface area contributed by atoms with E-state index in [0.717, 1.165) is 34.7 Å². The highest BCUT2D eigenvalue weighted by molar-refractivity contribution is 7.21. The largest absolute Gasteiger partial charge is 0.448 e. The number of hydrogen-bond acceptors (Lipinski definition) is 5. The van der Waals surface area contributed by atoms with Crippen LogP contribution in [0.2, 0.25) is 0 Å². The van der Waals surface area contributed by atoms with Gasteiger partial charge in [-0.25, -0.2) is 4.98 Å². The smallest absolute Gasteiger partial charge is 0.287 e. The predicted octanol–water partition coefficient (Wildman–Crippen LogP) is 3.28. The summed E-state index contributed by atoms with van der Waals surface area (Å²) in [4.78, 5) is 17.0. The van der Waals surface area contributed by atoms with Crippen molar-refractivity contribution in [2.45, 2.75) is 19.4 Å². The van der Waals surface area contributed by atoms with Gasteiger partial charge >= 0.3 is 0 Å². The van der Waals surface area contributed by atoms with E-state index in [1.807, 2.05) is 30.3 Å². The molecule has 1 aromatic carbocycles. The van der Waals surface area contributed by atoms with Crippen molar-refractivity contribution in [3.63, 3.8) is 0 Å². The first kappa shape index (κ1) is 15.4. The van der Waals surface area contributed by atoms with Gasteiger partial charge in [-0.05, 0) is 49.7 Å². The van der Waals surface area contributed by atoms with Gasteiger partial charge in [0.05, 0.1) is 10.2 Å². The number of fused-ring (bicyclic) bond motifs is 1. The summed E-state index contributed by atoms with van der Waals surface area (Å²) in [6.45, 7) is 4.01. The van der Waals surface area contributed by atoms with Gasteiger partial charge in [0.15, 0.2) is 16.5 Å². The summed E-state index contributed by atoms with van der Waals surface area (Å²) in [6, 6.07) is 11.7. The fraction of sp³-hybridized carbons (Fsp3) is 0.333. The normalized spacial score (nSPS) is 21.0. The second kappa shape index (κ2) is 6.37. The quantitative estimate of drug-likeness (QED) is 0.767. The van der Waals surface area contributed by atoms with Crippen molar-refractivity contribution in [3.8, 4) is 10.8 Å². The van der Waals surface area contributed by atoms with E-state index in [2.05, 4.69) is 22.5 Å². The molecule has 1 aliphatic heterocycles. The van der Waals surface area contributed by atoms with Crippen molar-refractivity contribution in [3.05, 3.63) is 42.2 Å². The maximum absolute atomic E-state index is 12.4. The minimum Gasteiger partial charge on any atom is -0.448 e. The molecule has 0 aliphatic carbocycles. The van der Waals surface area contributed by atoms with Crippen LogP contribution < -0.4 is 10.6 Å².